The number of hydrogen-bond acceptors (Lipinski definition) is 6. The van der Waals surface area contributed by atoms with Gasteiger partial charge in [0.1, 0.15) is 5.82 Å². The first kappa shape index (κ1) is 22.9. The number of carbonyl (C=O) groups is 1. The molecule has 0 bridgehead atoms. The van der Waals surface area contributed by atoms with Gasteiger partial charge in [0.25, 0.3) is 0 Å². The van der Waals surface area contributed by atoms with Crippen molar-refractivity contribution >= 4 is 28.3 Å². The monoisotopic (exact) mass is 449 g/mol. The van der Waals surface area contributed by atoms with Crippen molar-refractivity contribution in [2.24, 2.45) is 0 Å². The third-order valence-corrected chi connectivity index (χ3v) is 5.62. The Morgan fingerprint density at radius 3 is 2.64 bits per heavy atom. The number of carbonyl (C=O) groups excluding carboxylic acids is 1. The summed E-state index contributed by atoms with van der Waals surface area (Å²) in [5.74, 6) is 2.15. The van der Waals surface area contributed by atoms with Gasteiger partial charge in [0.05, 0.1) is 38.4 Å². The van der Waals surface area contributed by atoms with Gasteiger partial charge in [-0.05, 0) is 56.7 Å². The van der Waals surface area contributed by atoms with Crippen molar-refractivity contribution in [2.45, 2.75) is 27.2 Å². The van der Waals surface area contributed by atoms with E-state index in [-0.39, 0.29) is 12.3 Å². The van der Waals surface area contributed by atoms with Crippen LogP contribution in [0.4, 0.5) is 11.5 Å². The summed E-state index contributed by atoms with van der Waals surface area (Å²) in [7, 11) is 0. The average molecular weight is 450 g/mol. The molecule has 0 aliphatic carbocycles. The van der Waals surface area contributed by atoms with Gasteiger partial charge in [-0.3, -0.25) is 4.79 Å². The highest BCUT2D eigenvalue weighted by atomic mass is 16.5. The summed E-state index contributed by atoms with van der Waals surface area (Å²) < 4.78 is 16.9. The lowest BCUT2D eigenvalue weighted by molar-refractivity contribution is -0.115. The number of benzene rings is 2. The SMILES string of the molecule is CCOc1cccc(CC(=O)Nc2ccc3nc(N4CCOCC4)cc(C)c3c2)c1OCC. The molecule has 1 aromatic heterocycles. The van der Waals surface area contributed by atoms with Crippen molar-refractivity contribution in [2.75, 3.05) is 49.7 Å². The van der Waals surface area contributed by atoms with Gasteiger partial charge in [-0.25, -0.2) is 4.98 Å². The first-order valence-electron chi connectivity index (χ1n) is 11.5. The number of aromatic nitrogens is 1. The fourth-order valence-corrected chi connectivity index (χ4v) is 4.06. The van der Waals surface area contributed by atoms with Gasteiger partial charge in [0.15, 0.2) is 11.5 Å². The van der Waals surface area contributed by atoms with Crippen LogP contribution in [0.1, 0.15) is 25.0 Å². The van der Waals surface area contributed by atoms with Gasteiger partial charge >= 0.3 is 0 Å². The number of anilines is 2. The molecule has 0 spiro atoms. The van der Waals surface area contributed by atoms with Gasteiger partial charge in [0, 0.05) is 29.7 Å². The molecule has 3 aromatic rings. The highest BCUT2D eigenvalue weighted by Gasteiger charge is 2.16. The summed E-state index contributed by atoms with van der Waals surface area (Å²) in [5.41, 5.74) is 3.59. The standard InChI is InChI=1S/C26H31N3O4/c1-4-32-23-8-6-7-19(26(23)33-5-2)16-25(30)27-20-9-10-22-21(17-20)18(3)15-24(28-22)29-11-13-31-14-12-29/h6-10,15,17H,4-5,11-14,16H2,1-3H3,(H,27,30). The van der Waals surface area contributed by atoms with Crippen molar-refractivity contribution in [3.63, 3.8) is 0 Å². The van der Waals surface area contributed by atoms with E-state index in [1.54, 1.807) is 0 Å². The normalized spacial score (nSPS) is 13.7. The van der Waals surface area contributed by atoms with Crippen molar-refractivity contribution in [1.82, 2.24) is 4.98 Å². The zero-order valence-electron chi connectivity index (χ0n) is 19.5. The van der Waals surface area contributed by atoms with Crippen molar-refractivity contribution in [3.05, 3.63) is 53.6 Å². The summed E-state index contributed by atoms with van der Waals surface area (Å²) in [5, 5.41) is 4.04. The molecule has 0 radical (unpaired) electrons. The average Bonchev–Trinajstić information content (AvgIpc) is 2.82. The number of nitrogens with one attached hydrogen (secondary N) is 1. The molecule has 4 rings (SSSR count). The Balaban J connectivity index is 1.51. The summed E-state index contributed by atoms with van der Waals surface area (Å²) >= 11 is 0. The lowest BCUT2D eigenvalue weighted by Crippen LogP contribution is -2.36. The van der Waals surface area contributed by atoms with Gasteiger partial charge in [-0.2, -0.15) is 0 Å². The molecular weight excluding hydrogens is 418 g/mol. The smallest absolute Gasteiger partial charge is 0.228 e. The van der Waals surface area contributed by atoms with E-state index in [0.717, 1.165) is 59.8 Å². The number of para-hydroxylation sites is 1. The maximum Gasteiger partial charge on any atom is 0.228 e. The number of rotatable bonds is 8. The van der Waals surface area contributed by atoms with Crippen molar-refractivity contribution in [1.29, 1.82) is 0 Å². The van der Waals surface area contributed by atoms with E-state index in [2.05, 4.69) is 23.2 Å². The quantitative estimate of drug-likeness (QED) is 0.551. The molecule has 7 heteroatoms. The maximum absolute atomic E-state index is 12.8. The van der Waals surface area contributed by atoms with E-state index in [1.165, 1.54) is 0 Å². The minimum absolute atomic E-state index is 0.112. The van der Waals surface area contributed by atoms with Crippen molar-refractivity contribution < 1.29 is 19.0 Å². The number of fused-ring (bicyclic) bond motifs is 1. The predicted octanol–water partition coefficient (Wildman–Crippen LogP) is 4.36. The van der Waals surface area contributed by atoms with Crippen LogP contribution in [0.2, 0.25) is 0 Å². The molecule has 7 nitrogen and oxygen atoms in total. The largest absolute Gasteiger partial charge is 0.490 e. The highest BCUT2D eigenvalue weighted by Crippen LogP contribution is 2.32. The van der Waals surface area contributed by atoms with E-state index < -0.39 is 0 Å². The molecule has 0 unspecified atom stereocenters. The number of hydrogen-bond donors (Lipinski definition) is 1. The second-order valence-corrected chi connectivity index (χ2v) is 7.96. The summed E-state index contributed by atoms with van der Waals surface area (Å²) in [6.07, 6.45) is 0.196. The molecule has 174 valence electrons. The second kappa shape index (κ2) is 10.5. The van der Waals surface area contributed by atoms with E-state index in [1.807, 2.05) is 50.2 Å². The molecule has 1 aliphatic rings. The fraction of sp³-hybridized carbons (Fsp3) is 0.385. The summed E-state index contributed by atoms with van der Waals surface area (Å²) in [6.45, 7) is 10.1. The van der Waals surface area contributed by atoms with Gasteiger partial charge < -0.3 is 24.4 Å². The van der Waals surface area contributed by atoms with Gasteiger partial charge in [0.2, 0.25) is 5.91 Å². The van der Waals surface area contributed by atoms with Crippen LogP contribution in [0.25, 0.3) is 10.9 Å². The number of aryl methyl sites for hydroxylation is 1. The van der Waals surface area contributed by atoms with Crippen molar-refractivity contribution in [3.8, 4) is 11.5 Å². The van der Waals surface area contributed by atoms with Crippen LogP contribution in [0, 0.1) is 6.92 Å². The van der Waals surface area contributed by atoms with Crippen LogP contribution >= 0.6 is 0 Å². The summed E-state index contributed by atoms with van der Waals surface area (Å²) in [4.78, 5) is 19.9. The molecule has 1 amide bonds. The van der Waals surface area contributed by atoms with Crippen LogP contribution in [-0.4, -0.2) is 50.4 Å². The Hall–Kier alpha value is -3.32. The summed E-state index contributed by atoms with van der Waals surface area (Å²) in [6, 6.07) is 13.6. The molecular formula is C26H31N3O4. The number of ether oxygens (including phenoxy) is 3. The molecule has 0 saturated carbocycles. The van der Waals surface area contributed by atoms with Crippen LogP contribution in [0.3, 0.4) is 0 Å². The molecule has 0 atom stereocenters. The topological polar surface area (TPSA) is 72.9 Å². The minimum atomic E-state index is -0.112. The lowest BCUT2D eigenvalue weighted by Gasteiger charge is -2.28. The highest BCUT2D eigenvalue weighted by molar-refractivity contribution is 5.96. The molecule has 33 heavy (non-hydrogen) atoms. The van der Waals surface area contributed by atoms with Crippen LogP contribution < -0.4 is 19.7 Å². The maximum atomic E-state index is 12.8. The molecule has 1 aliphatic heterocycles. The van der Waals surface area contributed by atoms with Gasteiger partial charge in [-0.1, -0.05) is 12.1 Å². The Labute approximate surface area is 194 Å². The zero-order valence-corrected chi connectivity index (χ0v) is 19.5. The number of nitrogens with zero attached hydrogens (tertiary/aromatic N) is 2. The minimum Gasteiger partial charge on any atom is -0.490 e. The van der Waals surface area contributed by atoms with E-state index in [0.29, 0.717) is 24.7 Å². The van der Waals surface area contributed by atoms with Gasteiger partial charge in [-0.15, -0.1) is 0 Å². The van der Waals surface area contributed by atoms with E-state index >= 15 is 0 Å². The number of morpholine rings is 1. The fourth-order valence-electron chi connectivity index (χ4n) is 4.06. The van der Waals surface area contributed by atoms with Crippen LogP contribution in [-0.2, 0) is 16.0 Å². The molecule has 2 aromatic carbocycles. The Bertz CT molecular complexity index is 1130. The predicted molar refractivity (Wildman–Crippen MR) is 131 cm³/mol. The number of pyridine rings is 1. The third-order valence-electron chi connectivity index (χ3n) is 5.62. The van der Waals surface area contributed by atoms with E-state index in [9.17, 15) is 4.79 Å². The molecule has 1 saturated heterocycles. The lowest BCUT2D eigenvalue weighted by atomic mass is 10.1. The Kier molecular flexibility index (Phi) is 7.29. The van der Waals surface area contributed by atoms with Crippen LogP contribution in [0.5, 0.6) is 11.5 Å². The first-order chi connectivity index (χ1) is 16.1. The molecule has 1 fully saturated rings. The molecule has 1 N–H and O–H groups in total. The second-order valence-electron chi connectivity index (χ2n) is 7.96. The first-order valence-corrected chi connectivity index (χ1v) is 11.5. The van der Waals surface area contributed by atoms with Crippen LogP contribution in [0.15, 0.2) is 42.5 Å². The Morgan fingerprint density at radius 2 is 1.88 bits per heavy atom. The number of amides is 1. The Morgan fingerprint density at radius 1 is 1.09 bits per heavy atom. The third kappa shape index (κ3) is 5.37. The molecule has 2 heterocycles. The zero-order chi connectivity index (χ0) is 23.2. The van der Waals surface area contributed by atoms with E-state index in [4.69, 9.17) is 19.2 Å².